The highest BCUT2D eigenvalue weighted by Gasteiger charge is 2.29. The maximum absolute atomic E-state index is 13.5. The van der Waals surface area contributed by atoms with Gasteiger partial charge in [0.1, 0.15) is 11.9 Å². The lowest BCUT2D eigenvalue weighted by molar-refractivity contribution is -0.139. The quantitative estimate of drug-likeness (QED) is 0.761. The largest absolute Gasteiger partial charge is 0.480 e. The van der Waals surface area contributed by atoms with E-state index in [1.165, 1.54) is 12.1 Å². The third-order valence-electron chi connectivity index (χ3n) is 3.31. The molecule has 2 unspecified atom stereocenters. The van der Waals surface area contributed by atoms with Crippen LogP contribution in [0.2, 0.25) is 0 Å². The number of benzene rings is 1. The molecule has 0 aliphatic carbocycles. The summed E-state index contributed by atoms with van der Waals surface area (Å²) in [5.74, 6) is -2.81. The monoisotopic (exact) mass is 267 g/mol. The van der Waals surface area contributed by atoms with Crippen LogP contribution in [0.15, 0.2) is 18.2 Å². The van der Waals surface area contributed by atoms with Gasteiger partial charge in [0.25, 0.3) is 0 Å². The van der Waals surface area contributed by atoms with Crippen molar-refractivity contribution in [3.05, 3.63) is 35.1 Å². The molecule has 0 saturated carbocycles. The minimum atomic E-state index is -1.29. The Hall–Kier alpha value is -1.95. The van der Waals surface area contributed by atoms with E-state index in [1.807, 2.05) is 0 Å². The Bertz CT molecular complexity index is 517. The molecule has 1 heterocycles. The standard InChI is InChI=1S/C13H14FNO4/c14-10-4-7(1-2-9(10)12(16)17)3-8-5-11(13(18)19)15-6-8/h1-2,4,8,11,15H,3,5-6H2,(H,16,17)(H,18,19). The molecule has 0 amide bonds. The molecular weight excluding hydrogens is 253 g/mol. The molecule has 5 nitrogen and oxygen atoms in total. The molecule has 1 aliphatic rings. The Morgan fingerprint density at radius 1 is 1.37 bits per heavy atom. The van der Waals surface area contributed by atoms with Crippen LogP contribution in [-0.4, -0.2) is 34.7 Å². The van der Waals surface area contributed by atoms with E-state index >= 15 is 0 Å². The molecule has 2 atom stereocenters. The fourth-order valence-corrected chi connectivity index (χ4v) is 2.34. The molecule has 1 saturated heterocycles. The van der Waals surface area contributed by atoms with Crippen molar-refractivity contribution in [3.63, 3.8) is 0 Å². The van der Waals surface area contributed by atoms with Gasteiger partial charge in [0.15, 0.2) is 0 Å². The molecule has 1 fully saturated rings. The number of nitrogens with one attached hydrogen (secondary N) is 1. The first-order valence-corrected chi connectivity index (χ1v) is 5.95. The van der Waals surface area contributed by atoms with Crippen molar-refractivity contribution in [1.29, 1.82) is 0 Å². The molecule has 0 spiro atoms. The summed E-state index contributed by atoms with van der Waals surface area (Å²) in [4.78, 5) is 21.5. The first-order valence-electron chi connectivity index (χ1n) is 5.95. The number of halogens is 1. The van der Waals surface area contributed by atoms with Gasteiger partial charge in [0, 0.05) is 0 Å². The number of carbonyl (C=O) groups is 2. The van der Waals surface area contributed by atoms with Crippen molar-refractivity contribution in [3.8, 4) is 0 Å². The molecule has 3 N–H and O–H groups in total. The van der Waals surface area contributed by atoms with Gasteiger partial charge in [-0.15, -0.1) is 0 Å². The van der Waals surface area contributed by atoms with Crippen LogP contribution in [0.5, 0.6) is 0 Å². The van der Waals surface area contributed by atoms with Crippen LogP contribution in [0.3, 0.4) is 0 Å². The van der Waals surface area contributed by atoms with Gasteiger partial charge >= 0.3 is 11.9 Å². The number of rotatable bonds is 4. The Morgan fingerprint density at radius 2 is 2.11 bits per heavy atom. The molecule has 102 valence electrons. The van der Waals surface area contributed by atoms with Crippen molar-refractivity contribution in [2.24, 2.45) is 5.92 Å². The minimum absolute atomic E-state index is 0.121. The van der Waals surface area contributed by atoms with Crippen LogP contribution >= 0.6 is 0 Å². The number of carboxylic acids is 2. The average molecular weight is 267 g/mol. The van der Waals surface area contributed by atoms with Gasteiger partial charge in [-0.3, -0.25) is 4.79 Å². The maximum atomic E-state index is 13.5. The van der Waals surface area contributed by atoms with Gasteiger partial charge in [-0.2, -0.15) is 0 Å². The second kappa shape index (κ2) is 5.36. The van der Waals surface area contributed by atoms with Crippen LogP contribution < -0.4 is 5.32 Å². The third-order valence-corrected chi connectivity index (χ3v) is 3.31. The second-order valence-electron chi connectivity index (χ2n) is 4.72. The smallest absolute Gasteiger partial charge is 0.338 e. The summed E-state index contributed by atoms with van der Waals surface area (Å²) >= 11 is 0. The average Bonchev–Trinajstić information content (AvgIpc) is 2.77. The molecule has 19 heavy (non-hydrogen) atoms. The van der Waals surface area contributed by atoms with E-state index in [2.05, 4.69) is 5.32 Å². The van der Waals surface area contributed by atoms with Crippen molar-refractivity contribution < 1.29 is 24.2 Å². The van der Waals surface area contributed by atoms with Gasteiger partial charge in [0.2, 0.25) is 0 Å². The highest BCUT2D eigenvalue weighted by atomic mass is 19.1. The summed E-state index contributed by atoms with van der Waals surface area (Å²) < 4.78 is 13.5. The molecule has 0 radical (unpaired) electrons. The fourth-order valence-electron chi connectivity index (χ4n) is 2.34. The fraction of sp³-hybridized carbons (Fsp3) is 0.385. The highest BCUT2D eigenvalue weighted by Crippen LogP contribution is 2.21. The van der Waals surface area contributed by atoms with Crippen molar-refractivity contribution in [2.45, 2.75) is 18.9 Å². The first-order chi connectivity index (χ1) is 8.97. The second-order valence-corrected chi connectivity index (χ2v) is 4.72. The van der Waals surface area contributed by atoms with Gasteiger partial charge in [-0.25, -0.2) is 9.18 Å². The van der Waals surface area contributed by atoms with Crippen molar-refractivity contribution >= 4 is 11.9 Å². The van der Waals surface area contributed by atoms with Crippen LogP contribution in [-0.2, 0) is 11.2 Å². The molecule has 1 aromatic rings. The molecular formula is C13H14FNO4. The number of aliphatic carboxylic acids is 1. The first kappa shape index (κ1) is 13.5. The van der Waals surface area contributed by atoms with Crippen molar-refractivity contribution in [1.82, 2.24) is 5.32 Å². The predicted octanol–water partition coefficient (Wildman–Crippen LogP) is 1.13. The number of hydrogen-bond donors (Lipinski definition) is 3. The lowest BCUT2D eigenvalue weighted by Crippen LogP contribution is -2.29. The Balaban J connectivity index is 2.03. The van der Waals surface area contributed by atoms with Gasteiger partial charge in [-0.1, -0.05) is 6.07 Å². The summed E-state index contributed by atoms with van der Waals surface area (Å²) in [5, 5.41) is 20.5. The number of aromatic carboxylic acids is 1. The molecule has 2 rings (SSSR count). The van der Waals surface area contributed by atoms with Crippen LogP contribution in [0.1, 0.15) is 22.3 Å². The summed E-state index contributed by atoms with van der Waals surface area (Å²) in [7, 11) is 0. The van der Waals surface area contributed by atoms with E-state index < -0.39 is 23.8 Å². The van der Waals surface area contributed by atoms with E-state index in [9.17, 15) is 14.0 Å². The SMILES string of the molecule is O=C(O)c1ccc(CC2CNC(C(=O)O)C2)cc1F. The minimum Gasteiger partial charge on any atom is -0.480 e. The topological polar surface area (TPSA) is 86.6 Å². The van der Waals surface area contributed by atoms with Gasteiger partial charge in [0.05, 0.1) is 5.56 Å². The Kier molecular flexibility index (Phi) is 3.80. The van der Waals surface area contributed by atoms with Crippen LogP contribution in [0.25, 0.3) is 0 Å². The summed E-state index contributed by atoms with van der Waals surface area (Å²) in [6, 6.07) is 3.47. The molecule has 1 aliphatic heterocycles. The van der Waals surface area contributed by atoms with E-state index in [0.29, 0.717) is 24.9 Å². The van der Waals surface area contributed by atoms with E-state index in [0.717, 1.165) is 0 Å². The predicted molar refractivity (Wildman–Crippen MR) is 64.6 cm³/mol. The summed E-state index contributed by atoms with van der Waals surface area (Å²) in [6.07, 6.45) is 1.03. The summed E-state index contributed by atoms with van der Waals surface area (Å²) in [6.45, 7) is 0.569. The van der Waals surface area contributed by atoms with Crippen LogP contribution in [0.4, 0.5) is 4.39 Å². The molecule has 0 bridgehead atoms. The van der Waals surface area contributed by atoms with Gasteiger partial charge < -0.3 is 15.5 Å². The van der Waals surface area contributed by atoms with E-state index in [1.54, 1.807) is 6.07 Å². The highest BCUT2D eigenvalue weighted by molar-refractivity contribution is 5.87. The lowest BCUT2D eigenvalue weighted by atomic mass is 9.96. The number of carboxylic acid groups (broad SMARTS) is 2. The molecule has 6 heteroatoms. The number of hydrogen-bond acceptors (Lipinski definition) is 3. The Labute approximate surface area is 109 Å². The third kappa shape index (κ3) is 3.08. The Morgan fingerprint density at radius 3 is 2.63 bits per heavy atom. The van der Waals surface area contributed by atoms with Crippen molar-refractivity contribution in [2.75, 3.05) is 6.54 Å². The maximum Gasteiger partial charge on any atom is 0.338 e. The zero-order valence-corrected chi connectivity index (χ0v) is 10.1. The summed E-state index contributed by atoms with van der Waals surface area (Å²) in [5.41, 5.74) is 0.331. The molecule has 1 aromatic carbocycles. The van der Waals surface area contributed by atoms with E-state index in [4.69, 9.17) is 10.2 Å². The zero-order chi connectivity index (χ0) is 14.0. The van der Waals surface area contributed by atoms with Gasteiger partial charge in [-0.05, 0) is 43.0 Å². The lowest BCUT2D eigenvalue weighted by Gasteiger charge is -2.09. The molecule has 0 aromatic heterocycles. The van der Waals surface area contributed by atoms with E-state index in [-0.39, 0.29) is 11.5 Å². The zero-order valence-electron chi connectivity index (χ0n) is 10.1. The normalized spacial score (nSPS) is 22.4. The van der Waals surface area contributed by atoms with Crippen LogP contribution in [0, 0.1) is 11.7 Å².